The third-order valence-electron chi connectivity index (χ3n) is 1.55. The highest BCUT2D eigenvalue weighted by Crippen LogP contribution is 2.34. The van der Waals surface area contributed by atoms with Crippen LogP contribution in [0.1, 0.15) is 0 Å². The van der Waals surface area contributed by atoms with Crippen molar-refractivity contribution in [2.45, 2.75) is 6.36 Å². The first-order chi connectivity index (χ1) is 7.81. The molecule has 2 N–H and O–H groups in total. The molecule has 0 spiro atoms. The number of hydrogen-bond acceptors (Lipinski definition) is 2. The van der Waals surface area contributed by atoms with Gasteiger partial charge in [0.15, 0.2) is 5.75 Å². The number of nitrogens with zero attached hydrogens (tertiary/aromatic N) is 1. The Kier molecular flexibility index (Phi) is 4.64. The first-order valence-electron chi connectivity index (χ1n) is 4.26. The van der Waals surface area contributed by atoms with Crippen LogP contribution in [-0.2, 0) is 0 Å². The number of alkyl halides is 4. The van der Waals surface area contributed by atoms with Crippen LogP contribution in [0.15, 0.2) is 27.7 Å². The summed E-state index contributed by atoms with van der Waals surface area (Å²) in [7, 11) is 0. The fraction of sp³-hybridized carbons (Fsp3) is 0.222. The van der Waals surface area contributed by atoms with Crippen molar-refractivity contribution in [3.05, 3.63) is 22.7 Å². The molecule has 0 aliphatic heterocycles. The molecule has 0 bridgehead atoms. The first kappa shape index (κ1) is 14.1. The van der Waals surface area contributed by atoms with Crippen LogP contribution >= 0.6 is 27.5 Å². The summed E-state index contributed by atoms with van der Waals surface area (Å²) in [4.78, 5) is 3.73. The fourth-order valence-electron chi connectivity index (χ4n) is 0.973. The molecular formula is C9H7BrClF3N2O. The molecule has 0 atom stereocenters. The summed E-state index contributed by atoms with van der Waals surface area (Å²) in [5, 5.41) is 0. The van der Waals surface area contributed by atoms with Crippen molar-refractivity contribution in [1.82, 2.24) is 0 Å². The van der Waals surface area contributed by atoms with Gasteiger partial charge in [-0.1, -0.05) is 15.9 Å². The Labute approximate surface area is 109 Å². The summed E-state index contributed by atoms with van der Waals surface area (Å²) >= 11 is 8.50. The standard InChI is InChI=1S/C9H7BrClF3N2O/c10-5-1-2-7(17-9(12,13)14)6(3-5)16-8(15)4-11/h1-3H,4H2,(H2,15,16). The largest absolute Gasteiger partial charge is 0.573 e. The van der Waals surface area contributed by atoms with Crippen LogP contribution in [-0.4, -0.2) is 18.1 Å². The predicted octanol–water partition coefficient (Wildman–Crippen LogP) is 3.58. The van der Waals surface area contributed by atoms with Gasteiger partial charge in [-0.05, 0) is 18.2 Å². The van der Waals surface area contributed by atoms with Gasteiger partial charge in [-0.2, -0.15) is 0 Å². The SMILES string of the molecule is NC(CCl)=Nc1cc(Br)ccc1OC(F)(F)F. The van der Waals surface area contributed by atoms with Gasteiger partial charge in [-0.15, -0.1) is 24.8 Å². The van der Waals surface area contributed by atoms with Gasteiger partial charge in [0.2, 0.25) is 0 Å². The second-order valence-corrected chi connectivity index (χ2v) is 4.08. The summed E-state index contributed by atoms with van der Waals surface area (Å²) in [6.45, 7) is 0. The number of hydrogen-bond donors (Lipinski definition) is 1. The number of ether oxygens (including phenoxy) is 1. The van der Waals surface area contributed by atoms with Gasteiger partial charge in [0, 0.05) is 4.47 Å². The lowest BCUT2D eigenvalue weighted by atomic mass is 10.3. The van der Waals surface area contributed by atoms with Crippen LogP contribution in [0.5, 0.6) is 5.75 Å². The third-order valence-corrected chi connectivity index (χ3v) is 2.31. The molecule has 0 fully saturated rings. The molecular weight excluding hydrogens is 324 g/mol. The molecule has 0 aliphatic carbocycles. The van der Waals surface area contributed by atoms with Gasteiger partial charge in [-0.3, -0.25) is 0 Å². The van der Waals surface area contributed by atoms with E-state index in [1.54, 1.807) is 0 Å². The first-order valence-corrected chi connectivity index (χ1v) is 5.59. The molecule has 94 valence electrons. The van der Waals surface area contributed by atoms with Crippen LogP contribution in [0.4, 0.5) is 18.9 Å². The van der Waals surface area contributed by atoms with Crippen LogP contribution in [0.2, 0.25) is 0 Å². The van der Waals surface area contributed by atoms with Gasteiger partial charge >= 0.3 is 6.36 Å². The van der Waals surface area contributed by atoms with Crippen molar-refractivity contribution in [3.63, 3.8) is 0 Å². The Morgan fingerprint density at radius 3 is 2.65 bits per heavy atom. The van der Waals surface area contributed by atoms with E-state index in [0.717, 1.165) is 6.07 Å². The zero-order valence-corrected chi connectivity index (χ0v) is 10.6. The normalized spacial score (nSPS) is 12.6. The molecule has 1 rings (SSSR count). The third kappa shape index (κ3) is 4.82. The second kappa shape index (κ2) is 5.59. The Hall–Kier alpha value is -0.950. The van der Waals surface area contributed by atoms with E-state index in [1.165, 1.54) is 12.1 Å². The van der Waals surface area contributed by atoms with Crippen molar-refractivity contribution in [2.75, 3.05) is 5.88 Å². The molecule has 17 heavy (non-hydrogen) atoms. The van der Waals surface area contributed by atoms with Crippen molar-refractivity contribution in [3.8, 4) is 5.75 Å². The maximum absolute atomic E-state index is 12.1. The minimum Gasteiger partial charge on any atom is -0.403 e. The predicted molar refractivity (Wildman–Crippen MR) is 62.8 cm³/mol. The fourth-order valence-corrected chi connectivity index (χ4v) is 1.38. The smallest absolute Gasteiger partial charge is 0.403 e. The minimum absolute atomic E-state index is 0.00297. The van der Waals surface area contributed by atoms with Gasteiger partial charge in [0.05, 0.1) is 5.88 Å². The minimum atomic E-state index is -4.78. The number of halogens is 5. The van der Waals surface area contributed by atoms with E-state index < -0.39 is 12.1 Å². The molecule has 3 nitrogen and oxygen atoms in total. The molecule has 0 aliphatic rings. The quantitative estimate of drug-likeness (QED) is 0.523. The monoisotopic (exact) mass is 330 g/mol. The number of nitrogens with two attached hydrogens (primary N) is 1. The summed E-state index contributed by atoms with van der Waals surface area (Å²) in [6, 6.07) is 3.88. The Morgan fingerprint density at radius 1 is 1.47 bits per heavy atom. The zero-order valence-electron chi connectivity index (χ0n) is 8.26. The number of aliphatic imine (C=N–C) groups is 1. The van der Waals surface area contributed by atoms with Crippen molar-refractivity contribution in [2.24, 2.45) is 10.7 Å². The molecule has 1 aromatic rings. The van der Waals surface area contributed by atoms with Gasteiger partial charge in [-0.25, -0.2) is 4.99 Å². The summed E-state index contributed by atoms with van der Waals surface area (Å²) in [5.41, 5.74) is 5.31. The van der Waals surface area contributed by atoms with Gasteiger partial charge < -0.3 is 10.5 Å². The number of rotatable bonds is 3. The van der Waals surface area contributed by atoms with Crippen molar-refractivity contribution >= 4 is 39.1 Å². The van der Waals surface area contributed by atoms with Crippen molar-refractivity contribution in [1.29, 1.82) is 0 Å². The number of amidine groups is 1. The average molecular weight is 332 g/mol. The zero-order chi connectivity index (χ0) is 13.1. The Bertz CT molecular complexity index is 437. The van der Waals surface area contributed by atoms with E-state index in [9.17, 15) is 13.2 Å². The Balaban J connectivity index is 3.13. The highest BCUT2D eigenvalue weighted by molar-refractivity contribution is 9.10. The number of benzene rings is 1. The summed E-state index contributed by atoms with van der Waals surface area (Å²) in [6.07, 6.45) is -4.78. The highest BCUT2D eigenvalue weighted by Gasteiger charge is 2.32. The van der Waals surface area contributed by atoms with Crippen LogP contribution in [0.25, 0.3) is 0 Å². The van der Waals surface area contributed by atoms with E-state index in [0.29, 0.717) is 4.47 Å². The van der Waals surface area contributed by atoms with E-state index >= 15 is 0 Å². The van der Waals surface area contributed by atoms with Gasteiger partial charge in [0.1, 0.15) is 11.5 Å². The lowest BCUT2D eigenvalue weighted by molar-refractivity contribution is -0.274. The molecule has 0 radical (unpaired) electrons. The maximum atomic E-state index is 12.1. The summed E-state index contributed by atoms with van der Waals surface area (Å²) in [5.74, 6) is -0.525. The van der Waals surface area contributed by atoms with Gasteiger partial charge in [0.25, 0.3) is 0 Å². The lowest BCUT2D eigenvalue weighted by Gasteiger charge is -2.11. The average Bonchev–Trinajstić information content (AvgIpc) is 2.20. The van der Waals surface area contributed by atoms with Crippen molar-refractivity contribution < 1.29 is 17.9 Å². The van der Waals surface area contributed by atoms with E-state index in [1.807, 2.05) is 0 Å². The van der Waals surface area contributed by atoms with E-state index in [4.69, 9.17) is 17.3 Å². The Morgan fingerprint density at radius 2 is 2.12 bits per heavy atom. The molecule has 0 aromatic heterocycles. The second-order valence-electron chi connectivity index (χ2n) is 2.90. The highest BCUT2D eigenvalue weighted by atomic mass is 79.9. The van der Waals surface area contributed by atoms with Crippen LogP contribution in [0.3, 0.4) is 0 Å². The molecule has 0 saturated heterocycles. The van der Waals surface area contributed by atoms with Crippen LogP contribution in [0, 0.1) is 0 Å². The molecule has 8 heteroatoms. The molecule has 0 saturated carbocycles. The maximum Gasteiger partial charge on any atom is 0.573 e. The van der Waals surface area contributed by atoms with Crippen LogP contribution < -0.4 is 10.5 Å². The summed E-state index contributed by atoms with van der Waals surface area (Å²) < 4.78 is 40.7. The molecule has 0 unspecified atom stereocenters. The van der Waals surface area contributed by atoms with E-state index in [-0.39, 0.29) is 17.4 Å². The molecule has 0 heterocycles. The molecule has 0 amide bonds. The topological polar surface area (TPSA) is 47.6 Å². The molecule has 1 aromatic carbocycles. The van der Waals surface area contributed by atoms with E-state index in [2.05, 4.69) is 25.7 Å². The lowest BCUT2D eigenvalue weighted by Crippen LogP contribution is -2.17.